The lowest BCUT2D eigenvalue weighted by molar-refractivity contribution is 0.474. The Bertz CT molecular complexity index is 886. The van der Waals surface area contributed by atoms with Crippen molar-refractivity contribution in [3.8, 4) is 23.0 Å². The van der Waals surface area contributed by atoms with E-state index in [1.165, 1.54) is 22.3 Å². The van der Waals surface area contributed by atoms with Crippen LogP contribution in [-0.2, 0) is 25.7 Å². The van der Waals surface area contributed by atoms with Crippen LogP contribution in [0.3, 0.4) is 0 Å². The lowest BCUT2D eigenvalue weighted by Crippen LogP contribution is -1.90. The molecule has 4 heteroatoms. The zero-order chi connectivity index (χ0) is 22.8. The number of aryl methyl sites for hydroxylation is 4. The fourth-order valence-electron chi connectivity index (χ4n) is 3.23. The molecule has 0 amide bonds. The Morgan fingerprint density at radius 2 is 0.438 bits per heavy atom. The summed E-state index contributed by atoms with van der Waals surface area (Å²) in [6, 6.07) is 29.0. The van der Waals surface area contributed by atoms with E-state index in [0.717, 1.165) is 25.7 Å². The average Bonchev–Trinajstić information content (AvgIpc) is 2.81. The molecule has 0 aliphatic heterocycles. The maximum absolute atomic E-state index is 9.14. The van der Waals surface area contributed by atoms with Crippen LogP contribution in [0.4, 0.5) is 0 Å². The van der Waals surface area contributed by atoms with Gasteiger partial charge in [0, 0.05) is 0 Å². The number of hydrogen-bond donors (Lipinski definition) is 4. The number of hydrogen-bond acceptors (Lipinski definition) is 4. The third-order valence-corrected chi connectivity index (χ3v) is 5.15. The molecular weight excluding hydrogens is 400 g/mol. The van der Waals surface area contributed by atoms with Gasteiger partial charge >= 0.3 is 0 Å². The van der Waals surface area contributed by atoms with E-state index in [1.54, 1.807) is 48.5 Å². The summed E-state index contributed by atoms with van der Waals surface area (Å²) in [5.74, 6) is 1.20. The third kappa shape index (κ3) is 7.73. The highest BCUT2D eigenvalue weighted by molar-refractivity contribution is 5.30. The smallest absolute Gasteiger partial charge is 0.115 e. The molecule has 0 unspecified atom stereocenters. The zero-order valence-electron chi connectivity index (χ0n) is 17.9. The number of phenols is 4. The van der Waals surface area contributed by atoms with Crippen LogP contribution in [0.5, 0.6) is 23.0 Å². The molecule has 0 fully saturated rings. The minimum atomic E-state index is 0.299. The highest BCUT2D eigenvalue weighted by Gasteiger charge is 1.98. The molecule has 0 radical (unpaired) electrons. The molecule has 164 valence electrons. The molecule has 0 heterocycles. The van der Waals surface area contributed by atoms with Gasteiger partial charge in [-0.1, -0.05) is 48.5 Å². The van der Waals surface area contributed by atoms with Crippen molar-refractivity contribution in [2.75, 3.05) is 0 Å². The predicted molar refractivity (Wildman–Crippen MR) is 127 cm³/mol. The van der Waals surface area contributed by atoms with Crippen molar-refractivity contribution in [1.29, 1.82) is 0 Å². The SMILES string of the molecule is Oc1ccc(CCc2ccc(O)cc2)cc1.Oc1ccc(CCc2ccc(O)cc2)cc1. The van der Waals surface area contributed by atoms with Gasteiger partial charge in [-0.05, 0) is 96.5 Å². The van der Waals surface area contributed by atoms with Gasteiger partial charge in [-0.15, -0.1) is 0 Å². The largest absolute Gasteiger partial charge is 0.508 e. The minimum Gasteiger partial charge on any atom is -0.508 e. The first-order valence-corrected chi connectivity index (χ1v) is 10.6. The van der Waals surface area contributed by atoms with Gasteiger partial charge < -0.3 is 20.4 Å². The van der Waals surface area contributed by atoms with Gasteiger partial charge in [-0.3, -0.25) is 0 Å². The van der Waals surface area contributed by atoms with E-state index in [0.29, 0.717) is 23.0 Å². The molecule has 4 rings (SSSR count). The molecule has 4 aromatic rings. The Morgan fingerprint density at radius 1 is 0.281 bits per heavy atom. The number of phenolic OH excluding ortho intramolecular Hbond substituents is 4. The highest BCUT2D eigenvalue weighted by Crippen LogP contribution is 2.15. The Balaban J connectivity index is 0.000000181. The summed E-state index contributed by atoms with van der Waals surface area (Å²) in [6.07, 6.45) is 3.74. The minimum absolute atomic E-state index is 0.299. The second-order valence-corrected chi connectivity index (χ2v) is 7.67. The molecule has 4 N–H and O–H groups in total. The summed E-state index contributed by atoms with van der Waals surface area (Å²) in [4.78, 5) is 0. The fraction of sp³-hybridized carbons (Fsp3) is 0.143. The molecule has 4 nitrogen and oxygen atoms in total. The van der Waals surface area contributed by atoms with Crippen LogP contribution in [0, 0.1) is 0 Å². The highest BCUT2D eigenvalue weighted by atomic mass is 16.3. The Hall–Kier alpha value is -3.92. The summed E-state index contributed by atoms with van der Waals surface area (Å²) >= 11 is 0. The first kappa shape index (κ1) is 22.8. The zero-order valence-corrected chi connectivity index (χ0v) is 17.9. The topological polar surface area (TPSA) is 80.9 Å². The lowest BCUT2D eigenvalue weighted by atomic mass is 10.0. The van der Waals surface area contributed by atoms with Crippen LogP contribution >= 0.6 is 0 Å². The molecule has 0 saturated carbocycles. The second kappa shape index (κ2) is 11.5. The summed E-state index contributed by atoms with van der Waals surface area (Å²) in [7, 11) is 0. The van der Waals surface area contributed by atoms with Gasteiger partial charge in [-0.2, -0.15) is 0 Å². The van der Waals surface area contributed by atoms with E-state index in [1.807, 2.05) is 48.5 Å². The lowest BCUT2D eigenvalue weighted by Gasteiger charge is -2.02. The molecule has 0 spiro atoms. The monoisotopic (exact) mass is 428 g/mol. The van der Waals surface area contributed by atoms with Crippen LogP contribution in [0.2, 0.25) is 0 Å². The first-order chi connectivity index (χ1) is 15.5. The third-order valence-electron chi connectivity index (χ3n) is 5.15. The molecule has 0 aliphatic rings. The van der Waals surface area contributed by atoms with E-state index in [4.69, 9.17) is 20.4 Å². The molecule has 0 saturated heterocycles. The summed E-state index contributed by atoms with van der Waals surface area (Å²) in [5, 5.41) is 36.6. The van der Waals surface area contributed by atoms with E-state index < -0.39 is 0 Å². The van der Waals surface area contributed by atoms with Gasteiger partial charge in [-0.25, -0.2) is 0 Å². The van der Waals surface area contributed by atoms with E-state index in [-0.39, 0.29) is 0 Å². The molecule has 0 aliphatic carbocycles. The van der Waals surface area contributed by atoms with Crippen LogP contribution in [0.25, 0.3) is 0 Å². The maximum atomic E-state index is 9.14. The summed E-state index contributed by atoms with van der Waals surface area (Å²) in [5.41, 5.74) is 4.80. The molecule has 0 aromatic heterocycles. The fourth-order valence-corrected chi connectivity index (χ4v) is 3.23. The van der Waals surface area contributed by atoms with Crippen molar-refractivity contribution in [2.45, 2.75) is 25.7 Å². The molecule has 32 heavy (non-hydrogen) atoms. The van der Waals surface area contributed by atoms with Crippen molar-refractivity contribution in [2.24, 2.45) is 0 Å². The van der Waals surface area contributed by atoms with Crippen molar-refractivity contribution in [3.63, 3.8) is 0 Å². The number of benzene rings is 4. The average molecular weight is 429 g/mol. The normalized spacial score (nSPS) is 10.2. The maximum Gasteiger partial charge on any atom is 0.115 e. The van der Waals surface area contributed by atoms with Crippen LogP contribution < -0.4 is 0 Å². The van der Waals surface area contributed by atoms with Crippen molar-refractivity contribution < 1.29 is 20.4 Å². The summed E-state index contributed by atoms with van der Waals surface area (Å²) < 4.78 is 0. The van der Waals surface area contributed by atoms with Gasteiger partial charge in [0.25, 0.3) is 0 Å². The van der Waals surface area contributed by atoms with Gasteiger partial charge in [0.1, 0.15) is 23.0 Å². The van der Waals surface area contributed by atoms with Gasteiger partial charge in [0.15, 0.2) is 0 Å². The van der Waals surface area contributed by atoms with Gasteiger partial charge in [0.2, 0.25) is 0 Å². The number of aromatic hydroxyl groups is 4. The molecule has 4 aromatic carbocycles. The van der Waals surface area contributed by atoms with Crippen LogP contribution in [0.15, 0.2) is 97.1 Å². The van der Waals surface area contributed by atoms with E-state index in [9.17, 15) is 0 Å². The number of rotatable bonds is 6. The van der Waals surface area contributed by atoms with Crippen molar-refractivity contribution in [1.82, 2.24) is 0 Å². The van der Waals surface area contributed by atoms with Crippen LogP contribution in [0.1, 0.15) is 22.3 Å². The van der Waals surface area contributed by atoms with Crippen LogP contribution in [-0.4, -0.2) is 20.4 Å². The Morgan fingerprint density at radius 3 is 0.594 bits per heavy atom. The molecular formula is C28H28O4. The van der Waals surface area contributed by atoms with Crippen molar-refractivity contribution >= 4 is 0 Å². The van der Waals surface area contributed by atoms with E-state index in [2.05, 4.69) is 0 Å². The summed E-state index contributed by atoms with van der Waals surface area (Å²) in [6.45, 7) is 0. The van der Waals surface area contributed by atoms with E-state index >= 15 is 0 Å². The predicted octanol–water partition coefficient (Wildman–Crippen LogP) is 5.77. The molecule has 0 bridgehead atoms. The Kier molecular flexibility index (Phi) is 8.15. The van der Waals surface area contributed by atoms with Gasteiger partial charge in [0.05, 0.1) is 0 Å². The molecule has 0 atom stereocenters. The Labute approximate surface area is 188 Å². The quantitative estimate of drug-likeness (QED) is 0.314. The second-order valence-electron chi connectivity index (χ2n) is 7.67. The van der Waals surface area contributed by atoms with Crippen molar-refractivity contribution in [3.05, 3.63) is 119 Å². The first-order valence-electron chi connectivity index (χ1n) is 10.6. The standard InChI is InChI=1S/2C14H14O2/c2*15-13-7-3-11(4-8-13)1-2-12-5-9-14(16)10-6-12/h2*3-10,15-16H,1-2H2.